The molecule has 0 aliphatic carbocycles. The summed E-state index contributed by atoms with van der Waals surface area (Å²) < 4.78 is 5.59. The van der Waals surface area contributed by atoms with E-state index in [2.05, 4.69) is 36.2 Å². The van der Waals surface area contributed by atoms with Crippen LogP contribution in [0.3, 0.4) is 0 Å². The van der Waals surface area contributed by atoms with Crippen LogP contribution >= 0.6 is 0 Å². The Hall–Kier alpha value is -5.79. The quantitative estimate of drug-likeness (QED) is 0.183. The average Bonchev–Trinajstić information content (AvgIpc) is 3.82. The molecule has 5 aromatic rings. The Labute approximate surface area is 263 Å². The number of tetrazole rings is 1. The van der Waals surface area contributed by atoms with Crippen LogP contribution < -0.4 is 10.6 Å². The summed E-state index contributed by atoms with van der Waals surface area (Å²) in [5, 5.41) is 30.5. The second-order valence-corrected chi connectivity index (χ2v) is 10.6. The molecule has 3 heterocycles. The molecular formula is C33H30N8O5. The molecule has 2 aromatic heterocycles. The van der Waals surface area contributed by atoms with Gasteiger partial charge >= 0.3 is 0 Å². The lowest BCUT2D eigenvalue weighted by atomic mass is 10.00. The molecule has 3 amide bonds. The molecule has 4 N–H and O–H groups in total. The fourth-order valence-corrected chi connectivity index (χ4v) is 5.19. The number of aliphatic hydroxyl groups excluding tert-OH is 1. The Bertz CT molecular complexity index is 1800. The van der Waals surface area contributed by atoms with Crippen molar-refractivity contribution in [3.05, 3.63) is 126 Å². The van der Waals surface area contributed by atoms with E-state index < -0.39 is 24.0 Å². The van der Waals surface area contributed by atoms with Gasteiger partial charge in [-0.15, -0.1) is 10.2 Å². The number of hydrogen-bond donors (Lipinski definition) is 4. The highest BCUT2D eigenvalue weighted by atomic mass is 16.5. The van der Waals surface area contributed by atoms with E-state index in [0.717, 1.165) is 11.1 Å². The predicted octanol–water partition coefficient (Wildman–Crippen LogP) is 2.77. The van der Waals surface area contributed by atoms with Gasteiger partial charge in [0.1, 0.15) is 18.1 Å². The number of ether oxygens (including phenoxy) is 1. The lowest BCUT2D eigenvalue weighted by molar-refractivity contribution is -0.125. The van der Waals surface area contributed by atoms with E-state index in [1.54, 1.807) is 35.2 Å². The van der Waals surface area contributed by atoms with Crippen LogP contribution in [0.25, 0.3) is 11.4 Å². The van der Waals surface area contributed by atoms with Crippen LogP contribution in [0.5, 0.6) is 0 Å². The molecule has 2 unspecified atom stereocenters. The number of rotatable bonds is 10. The minimum absolute atomic E-state index is 0.0410. The molecule has 6 rings (SSSR count). The van der Waals surface area contributed by atoms with Crippen molar-refractivity contribution in [1.82, 2.24) is 35.8 Å². The molecule has 1 fully saturated rings. The molecular weight excluding hydrogens is 588 g/mol. The highest BCUT2D eigenvalue weighted by molar-refractivity contribution is 5.98. The number of aliphatic hydroxyl groups is 1. The van der Waals surface area contributed by atoms with E-state index in [1.807, 2.05) is 60.7 Å². The third kappa shape index (κ3) is 6.96. The molecule has 0 saturated carbocycles. The topological polar surface area (TPSA) is 175 Å². The standard InChI is InChI=1S/C33H30N8O5/c42-29(32(44)34-24-14-7-13-23(18-24)30-37-39-40-38-30)27(17-21-9-3-1-4-10-21)36-31(43)25-15-8-16-26(35-25)33(45)41-20-46-19-28(41)22-11-5-2-6-12-22/h1-16,18,27-29,42H,17,19-20H2,(H,34,44)(H,36,43)(H,37,38,39,40)/t27?,28?,29-/m0/s1. The summed E-state index contributed by atoms with van der Waals surface area (Å²) >= 11 is 0. The number of pyridine rings is 1. The largest absolute Gasteiger partial charge is 0.381 e. The minimum Gasteiger partial charge on any atom is -0.381 e. The zero-order valence-corrected chi connectivity index (χ0v) is 24.5. The summed E-state index contributed by atoms with van der Waals surface area (Å²) in [6.45, 7) is 0.438. The lowest BCUT2D eigenvalue weighted by Crippen LogP contribution is -2.50. The van der Waals surface area contributed by atoms with Crippen LogP contribution in [0, 0.1) is 0 Å². The summed E-state index contributed by atoms with van der Waals surface area (Å²) in [5.74, 6) is -1.43. The molecule has 0 bridgehead atoms. The van der Waals surface area contributed by atoms with Gasteiger partial charge in [-0.05, 0) is 47.0 Å². The van der Waals surface area contributed by atoms with Crippen molar-refractivity contribution in [2.45, 2.75) is 24.6 Å². The van der Waals surface area contributed by atoms with Crippen molar-refractivity contribution in [1.29, 1.82) is 0 Å². The number of hydrogen-bond acceptors (Lipinski definition) is 9. The highest BCUT2D eigenvalue weighted by Crippen LogP contribution is 2.27. The SMILES string of the molecule is O=C(NC(Cc1ccccc1)[C@H](O)C(=O)Nc1cccc(-c2nn[nH]n2)c1)c1cccc(C(=O)N2COCC2c2ccccc2)n1. The molecule has 1 aliphatic rings. The Morgan fingerprint density at radius 3 is 2.43 bits per heavy atom. The molecule has 13 nitrogen and oxygen atoms in total. The number of nitrogens with one attached hydrogen (secondary N) is 3. The fourth-order valence-electron chi connectivity index (χ4n) is 5.19. The van der Waals surface area contributed by atoms with Crippen LogP contribution in [0.4, 0.5) is 5.69 Å². The van der Waals surface area contributed by atoms with Crippen LogP contribution in [-0.2, 0) is 16.0 Å². The van der Waals surface area contributed by atoms with Gasteiger partial charge in [-0.2, -0.15) is 5.21 Å². The minimum atomic E-state index is -1.64. The maximum atomic E-state index is 13.5. The Kier molecular flexibility index (Phi) is 9.13. The highest BCUT2D eigenvalue weighted by Gasteiger charge is 2.33. The summed E-state index contributed by atoms with van der Waals surface area (Å²) in [6.07, 6.45) is -1.50. The van der Waals surface area contributed by atoms with E-state index >= 15 is 0 Å². The first kappa shape index (κ1) is 30.2. The summed E-state index contributed by atoms with van der Waals surface area (Å²) in [7, 11) is 0. The molecule has 1 aliphatic heterocycles. The maximum Gasteiger partial charge on any atom is 0.274 e. The molecule has 46 heavy (non-hydrogen) atoms. The van der Waals surface area contributed by atoms with Crippen molar-refractivity contribution in [2.75, 3.05) is 18.7 Å². The van der Waals surface area contributed by atoms with Crippen LogP contribution in [-0.4, -0.2) is 78.8 Å². The monoisotopic (exact) mass is 618 g/mol. The molecule has 0 radical (unpaired) electrons. The maximum absolute atomic E-state index is 13.5. The van der Waals surface area contributed by atoms with E-state index in [1.165, 1.54) is 12.1 Å². The van der Waals surface area contributed by atoms with Crippen molar-refractivity contribution >= 4 is 23.4 Å². The number of carbonyl (C=O) groups excluding carboxylic acids is 3. The first-order chi connectivity index (χ1) is 22.5. The number of aromatic amines is 1. The summed E-state index contributed by atoms with van der Waals surface area (Å²) in [4.78, 5) is 46.2. The van der Waals surface area contributed by atoms with Crippen LogP contribution in [0.2, 0.25) is 0 Å². The van der Waals surface area contributed by atoms with Crippen LogP contribution in [0.15, 0.2) is 103 Å². The molecule has 1 saturated heterocycles. The lowest BCUT2D eigenvalue weighted by Gasteiger charge is -2.24. The number of benzene rings is 3. The van der Waals surface area contributed by atoms with Crippen molar-refractivity contribution in [2.24, 2.45) is 0 Å². The van der Waals surface area contributed by atoms with Gasteiger partial charge in [0.25, 0.3) is 17.7 Å². The average molecular weight is 619 g/mol. The zero-order valence-electron chi connectivity index (χ0n) is 24.5. The smallest absolute Gasteiger partial charge is 0.274 e. The van der Waals surface area contributed by atoms with Gasteiger partial charge in [-0.25, -0.2) is 4.98 Å². The van der Waals surface area contributed by atoms with E-state index in [-0.39, 0.29) is 36.5 Å². The van der Waals surface area contributed by atoms with E-state index in [4.69, 9.17) is 4.74 Å². The summed E-state index contributed by atoms with van der Waals surface area (Å²) in [5.41, 5.74) is 2.74. The number of anilines is 1. The third-order valence-corrected chi connectivity index (χ3v) is 7.53. The molecule has 3 aromatic carbocycles. The van der Waals surface area contributed by atoms with Crippen molar-refractivity contribution in [3.63, 3.8) is 0 Å². The number of aromatic nitrogens is 5. The second kappa shape index (κ2) is 13.9. The van der Waals surface area contributed by atoms with Gasteiger partial charge in [-0.3, -0.25) is 14.4 Å². The normalized spacial score (nSPS) is 15.6. The summed E-state index contributed by atoms with van der Waals surface area (Å²) in [6, 6.07) is 28.7. The zero-order chi connectivity index (χ0) is 31.9. The Balaban J connectivity index is 1.19. The number of nitrogens with zero attached hydrogens (tertiary/aromatic N) is 5. The van der Waals surface area contributed by atoms with Gasteiger partial charge in [0.15, 0.2) is 6.10 Å². The first-order valence-corrected chi connectivity index (χ1v) is 14.5. The fraction of sp³-hybridized carbons (Fsp3) is 0.182. The van der Waals surface area contributed by atoms with Gasteiger partial charge in [0.2, 0.25) is 5.82 Å². The Morgan fingerprint density at radius 2 is 1.67 bits per heavy atom. The van der Waals surface area contributed by atoms with Gasteiger partial charge in [0.05, 0.1) is 18.7 Å². The number of carbonyl (C=O) groups is 3. The second-order valence-electron chi connectivity index (χ2n) is 10.6. The number of H-pyrrole nitrogens is 1. The third-order valence-electron chi connectivity index (χ3n) is 7.53. The Morgan fingerprint density at radius 1 is 0.935 bits per heavy atom. The van der Waals surface area contributed by atoms with Gasteiger partial charge in [0, 0.05) is 11.3 Å². The number of amides is 3. The molecule has 3 atom stereocenters. The van der Waals surface area contributed by atoms with Crippen LogP contribution in [0.1, 0.15) is 38.1 Å². The molecule has 0 spiro atoms. The van der Waals surface area contributed by atoms with E-state index in [9.17, 15) is 19.5 Å². The van der Waals surface area contributed by atoms with Crippen molar-refractivity contribution < 1.29 is 24.2 Å². The molecule has 13 heteroatoms. The first-order valence-electron chi connectivity index (χ1n) is 14.5. The predicted molar refractivity (Wildman–Crippen MR) is 166 cm³/mol. The van der Waals surface area contributed by atoms with E-state index in [0.29, 0.717) is 23.7 Å². The van der Waals surface area contributed by atoms with Gasteiger partial charge in [-0.1, -0.05) is 78.9 Å². The molecule has 232 valence electrons. The van der Waals surface area contributed by atoms with Gasteiger partial charge < -0.3 is 25.4 Å². The van der Waals surface area contributed by atoms with Crippen molar-refractivity contribution in [3.8, 4) is 11.4 Å².